The number of nitrogens with zero attached hydrogens (tertiary/aromatic N) is 4. The summed E-state index contributed by atoms with van der Waals surface area (Å²) in [6.07, 6.45) is 3.38. The maximum atomic E-state index is 12.7. The largest absolute Gasteiger partial charge is 0.396 e. The zero-order valence-corrected chi connectivity index (χ0v) is 14.7. The Morgan fingerprint density at radius 2 is 2.00 bits per heavy atom. The van der Waals surface area contributed by atoms with Crippen molar-refractivity contribution >= 4 is 23.4 Å². The third kappa shape index (κ3) is 3.68. The molecule has 0 aliphatic carbocycles. The van der Waals surface area contributed by atoms with Crippen LogP contribution in [0.4, 0.5) is 0 Å². The van der Waals surface area contributed by atoms with Gasteiger partial charge in [-0.15, -0.1) is 0 Å². The minimum Gasteiger partial charge on any atom is -0.396 e. The van der Waals surface area contributed by atoms with Crippen LogP contribution in [0.1, 0.15) is 38.5 Å². The van der Waals surface area contributed by atoms with Gasteiger partial charge in [0, 0.05) is 58.6 Å². The summed E-state index contributed by atoms with van der Waals surface area (Å²) in [6.45, 7) is 1.89. The fourth-order valence-electron chi connectivity index (χ4n) is 4.07. The number of aliphatic hydroxyl groups excluding tert-OH is 1. The predicted octanol–water partition coefficient (Wildman–Crippen LogP) is -0.183. The van der Waals surface area contributed by atoms with E-state index in [9.17, 15) is 14.4 Å². The summed E-state index contributed by atoms with van der Waals surface area (Å²) >= 11 is 0. The van der Waals surface area contributed by atoms with E-state index in [2.05, 4.69) is 5.10 Å². The van der Waals surface area contributed by atoms with Crippen molar-refractivity contribution in [3.63, 3.8) is 0 Å². The number of likely N-dealkylation sites (tertiary alicyclic amines) is 2. The molecule has 0 radical (unpaired) electrons. The minimum absolute atomic E-state index is 0.0689. The molecule has 25 heavy (non-hydrogen) atoms. The topological polar surface area (TPSA) is 93.5 Å². The Hall–Kier alpha value is -1.96. The summed E-state index contributed by atoms with van der Waals surface area (Å²) in [7, 11) is 1.58. The third-order valence-corrected chi connectivity index (χ3v) is 5.44. The quantitative estimate of drug-likeness (QED) is 0.761. The molecule has 2 saturated heterocycles. The lowest BCUT2D eigenvalue weighted by Crippen LogP contribution is -2.58. The van der Waals surface area contributed by atoms with E-state index in [1.165, 1.54) is 5.01 Å². The van der Waals surface area contributed by atoms with Crippen molar-refractivity contribution in [1.29, 1.82) is 0 Å². The van der Waals surface area contributed by atoms with Crippen LogP contribution in [0.5, 0.6) is 0 Å². The first-order valence-electron chi connectivity index (χ1n) is 9.05. The molecule has 8 nitrogen and oxygen atoms in total. The molecular weight excluding hydrogens is 324 g/mol. The molecule has 0 aromatic heterocycles. The molecule has 3 aliphatic rings. The van der Waals surface area contributed by atoms with Crippen molar-refractivity contribution in [2.45, 2.75) is 44.6 Å². The monoisotopic (exact) mass is 350 g/mol. The number of carbonyl (C=O) groups is 3. The predicted molar refractivity (Wildman–Crippen MR) is 90.6 cm³/mol. The van der Waals surface area contributed by atoms with E-state index < -0.39 is 0 Å². The number of amides is 3. The Kier molecular flexibility index (Phi) is 5.36. The number of aliphatic hydroxyl groups is 1. The van der Waals surface area contributed by atoms with Crippen LogP contribution >= 0.6 is 0 Å². The SMILES string of the molecule is CN1N=C(C(=O)N2CC[C@@H]3[C@@H](CCC(=O)N3CCCO)C2)CCC1=O. The molecule has 3 rings (SSSR count). The lowest BCUT2D eigenvalue weighted by atomic mass is 9.83. The number of hydrogen-bond donors (Lipinski definition) is 1. The molecule has 0 aromatic carbocycles. The summed E-state index contributed by atoms with van der Waals surface area (Å²) in [5, 5.41) is 14.4. The third-order valence-electron chi connectivity index (χ3n) is 5.44. The van der Waals surface area contributed by atoms with Gasteiger partial charge in [-0.05, 0) is 25.2 Å². The van der Waals surface area contributed by atoms with Crippen LogP contribution < -0.4 is 0 Å². The van der Waals surface area contributed by atoms with Crippen molar-refractivity contribution in [1.82, 2.24) is 14.8 Å². The number of fused-ring (bicyclic) bond motifs is 1. The van der Waals surface area contributed by atoms with Crippen molar-refractivity contribution in [2.75, 3.05) is 33.3 Å². The van der Waals surface area contributed by atoms with Gasteiger partial charge in [0.2, 0.25) is 11.8 Å². The van der Waals surface area contributed by atoms with Crippen LogP contribution in [0, 0.1) is 5.92 Å². The van der Waals surface area contributed by atoms with E-state index in [0.717, 1.165) is 12.8 Å². The summed E-state index contributed by atoms with van der Waals surface area (Å²) < 4.78 is 0. The van der Waals surface area contributed by atoms with Crippen molar-refractivity contribution in [3.05, 3.63) is 0 Å². The Bertz CT molecular complexity index is 591. The summed E-state index contributed by atoms with van der Waals surface area (Å²) in [5.41, 5.74) is 0.449. The maximum Gasteiger partial charge on any atom is 0.270 e. The highest BCUT2D eigenvalue weighted by Gasteiger charge is 2.40. The molecule has 0 unspecified atom stereocenters. The van der Waals surface area contributed by atoms with Gasteiger partial charge in [0.15, 0.2) is 0 Å². The molecule has 3 amide bonds. The second-order valence-corrected chi connectivity index (χ2v) is 7.03. The van der Waals surface area contributed by atoms with Gasteiger partial charge in [-0.2, -0.15) is 5.10 Å². The van der Waals surface area contributed by atoms with E-state index in [-0.39, 0.29) is 36.3 Å². The lowest BCUT2D eigenvalue weighted by molar-refractivity contribution is -0.142. The number of piperidine rings is 2. The Morgan fingerprint density at radius 1 is 1.20 bits per heavy atom. The molecule has 3 heterocycles. The average molecular weight is 350 g/mol. The Balaban J connectivity index is 1.65. The smallest absolute Gasteiger partial charge is 0.270 e. The second kappa shape index (κ2) is 7.51. The van der Waals surface area contributed by atoms with Gasteiger partial charge in [0.1, 0.15) is 5.71 Å². The molecule has 2 fully saturated rings. The molecule has 138 valence electrons. The first-order valence-corrected chi connectivity index (χ1v) is 9.05. The molecule has 8 heteroatoms. The van der Waals surface area contributed by atoms with Gasteiger partial charge in [-0.25, -0.2) is 5.01 Å². The molecule has 1 N–H and O–H groups in total. The number of hydrogen-bond acceptors (Lipinski definition) is 5. The van der Waals surface area contributed by atoms with Gasteiger partial charge in [-0.3, -0.25) is 14.4 Å². The molecule has 0 bridgehead atoms. The van der Waals surface area contributed by atoms with Gasteiger partial charge < -0.3 is 14.9 Å². The van der Waals surface area contributed by atoms with Crippen LogP contribution in [0.2, 0.25) is 0 Å². The van der Waals surface area contributed by atoms with Crippen LogP contribution in [0.15, 0.2) is 5.10 Å². The van der Waals surface area contributed by atoms with E-state index >= 15 is 0 Å². The van der Waals surface area contributed by atoms with Crippen LogP contribution in [-0.2, 0) is 14.4 Å². The zero-order valence-electron chi connectivity index (χ0n) is 14.7. The highest BCUT2D eigenvalue weighted by Crippen LogP contribution is 2.31. The zero-order chi connectivity index (χ0) is 18.0. The van der Waals surface area contributed by atoms with Crippen LogP contribution in [-0.4, -0.2) is 82.7 Å². The molecular formula is C17H26N4O4. The maximum absolute atomic E-state index is 12.7. The second-order valence-electron chi connectivity index (χ2n) is 7.03. The summed E-state index contributed by atoms with van der Waals surface area (Å²) in [6, 6.07) is 0.161. The van der Waals surface area contributed by atoms with E-state index in [1.807, 2.05) is 9.80 Å². The molecule has 2 atom stereocenters. The molecule has 0 spiro atoms. The lowest BCUT2D eigenvalue weighted by Gasteiger charge is -2.47. The molecule has 0 aromatic rings. The Labute approximate surface area is 147 Å². The van der Waals surface area contributed by atoms with Crippen LogP contribution in [0.25, 0.3) is 0 Å². The van der Waals surface area contributed by atoms with E-state index in [4.69, 9.17) is 5.11 Å². The number of rotatable bonds is 4. The fraction of sp³-hybridized carbons (Fsp3) is 0.765. The number of hydrazone groups is 1. The van der Waals surface area contributed by atoms with E-state index in [0.29, 0.717) is 51.0 Å². The van der Waals surface area contributed by atoms with Gasteiger partial charge in [0.05, 0.1) is 0 Å². The fourth-order valence-corrected chi connectivity index (χ4v) is 4.07. The van der Waals surface area contributed by atoms with E-state index in [1.54, 1.807) is 7.05 Å². The standard InChI is InChI=1S/C17H26N4O4/c1-19-15(23)6-4-13(18-19)17(25)20-9-7-14-12(11-20)3-5-16(24)21(14)8-2-10-22/h12,14,22H,2-11H2,1H3/t12-,14+/m0/s1. The van der Waals surface area contributed by atoms with Crippen molar-refractivity contribution in [3.8, 4) is 0 Å². The first kappa shape index (κ1) is 17.8. The average Bonchev–Trinajstić information content (AvgIpc) is 2.62. The normalized spacial score (nSPS) is 27.3. The highest BCUT2D eigenvalue weighted by molar-refractivity contribution is 6.39. The van der Waals surface area contributed by atoms with Crippen molar-refractivity contribution < 1.29 is 19.5 Å². The summed E-state index contributed by atoms with van der Waals surface area (Å²) in [5.74, 6) is 0.279. The molecule has 0 saturated carbocycles. The Morgan fingerprint density at radius 3 is 2.72 bits per heavy atom. The molecule has 3 aliphatic heterocycles. The first-order chi connectivity index (χ1) is 12.0. The van der Waals surface area contributed by atoms with Gasteiger partial charge >= 0.3 is 0 Å². The minimum atomic E-state index is -0.0865. The van der Waals surface area contributed by atoms with Gasteiger partial charge in [-0.1, -0.05) is 0 Å². The van der Waals surface area contributed by atoms with Crippen molar-refractivity contribution in [2.24, 2.45) is 11.0 Å². The highest BCUT2D eigenvalue weighted by atomic mass is 16.3. The van der Waals surface area contributed by atoms with Gasteiger partial charge in [0.25, 0.3) is 5.91 Å². The van der Waals surface area contributed by atoms with Crippen LogP contribution in [0.3, 0.4) is 0 Å². The summed E-state index contributed by atoms with van der Waals surface area (Å²) in [4.78, 5) is 40.2. The number of carbonyl (C=O) groups excluding carboxylic acids is 3.